The molecule has 9 nitrogen and oxygen atoms in total. The van der Waals surface area contributed by atoms with Crippen molar-refractivity contribution in [2.24, 2.45) is 0 Å². The first kappa shape index (κ1) is 20.5. The summed E-state index contributed by atoms with van der Waals surface area (Å²) in [4.78, 5) is 34.0. The maximum atomic E-state index is 12.2. The summed E-state index contributed by atoms with van der Waals surface area (Å²) >= 11 is 0. The molecule has 1 aliphatic rings. The lowest BCUT2D eigenvalue weighted by molar-refractivity contribution is 0.0543. The molecule has 1 aromatic carbocycles. The number of nitrogens with zero attached hydrogens (tertiary/aromatic N) is 3. The van der Waals surface area contributed by atoms with Crippen molar-refractivity contribution in [1.82, 2.24) is 15.3 Å². The normalized spacial score (nSPS) is 18.8. The quantitative estimate of drug-likeness (QED) is 0.732. The molecule has 0 radical (unpaired) electrons. The maximum Gasteiger partial charge on any atom is 0.407 e. The van der Waals surface area contributed by atoms with Gasteiger partial charge in [-0.05, 0) is 12.0 Å². The first-order chi connectivity index (χ1) is 14.1. The Morgan fingerprint density at radius 1 is 1.21 bits per heavy atom. The van der Waals surface area contributed by atoms with Gasteiger partial charge in [-0.3, -0.25) is 0 Å². The molecule has 1 fully saturated rings. The number of aromatic nitrogens is 2. The number of esters is 1. The van der Waals surface area contributed by atoms with Gasteiger partial charge in [-0.15, -0.1) is 0 Å². The second-order valence-corrected chi connectivity index (χ2v) is 6.57. The highest BCUT2D eigenvalue weighted by Crippen LogP contribution is 2.20. The van der Waals surface area contributed by atoms with Crippen LogP contribution in [0.5, 0.6) is 0 Å². The topological polar surface area (TPSA) is 103 Å². The van der Waals surface area contributed by atoms with Gasteiger partial charge in [0.05, 0.1) is 19.3 Å². The van der Waals surface area contributed by atoms with E-state index in [4.69, 9.17) is 14.2 Å². The van der Waals surface area contributed by atoms with E-state index in [1.54, 1.807) is 13.2 Å². The highest BCUT2D eigenvalue weighted by Gasteiger charge is 2.31. The summed E-state index contributed by atoms with van der Waals surface area (Å²) in [6.07, 6.45) is 1.22. The van der Waals surface area contributed by atoms with E-state index in [2.05, 4.69) is 15.3 Å². The van der Waals surface area contributed by atoms with Gasteiger partial charge in [-0.25, -0.2) is 19.6 Å². The smallest absolute Gasteiger partial charge is 0.407 e. The predicted octanol–water partition coefficient (Wildman–Crippen LogP) is 1.78. The molecule has 1 aliphatic heterocycles. The summed E-state index contributed by atoms with van der Waals surface area (Å²) in [5.74, 6) is 0.0854. The lowest BCUT2D eigenvalue weighted by Crippen LogP contribution is -2.55. The van der Waals surface area contributed by atoms with Gasteiger partial charge in [0.2, 0.25) is 0 Å². The number of alkyl carbamates (subject to hydrolysis) is 1. The molecule has 1 saturated heterocycles. The van der Waals surface area contributed by atoms with Crippen LogP contribution >= 0.6 is 0 Å². The minimum Gasteiger partial charge on any atom is -0.464 e. The largest absolute Gasteiger partial charge is 0.464 e. The number of carbonyl (C=O) groups excluding carboxylic acids is 2. The van der Waals surface area contributed by atoms with Crippen molar-refractivity contribution < 1.29 is 23.8 Å². The highest BCUT2D eigenvalue weighted by atomic mass is 16.5. The molecule has 1 N–H and O–H groups in total. The van der Waals surface area contributed by atoms with E-state index in [0.29, 0.717) is 25.3 Å². The molecular weight excluding hydrogens is 376 g/mol. The average Bonchev–Trinajstić information content (AvgIpc) is 2.78. The summed E-state index contributed by atoms with van der Waals surface area (Å²) in [5, 5.41) is 2.88. The molecule has 0 spiro atoms. The van der Waals surface area contributed by atoms with Gasteiger partial charge in [0.25, 0.3) is 0 Å². The fourth-order valence-corrected chi connectivity index (χ4v) is 3.18. The average molecular weight is 400 g/mol. The molecule has 1 aromatic heterocycles. The van der Waals surface area contributed by atoms with Crippen molar-refractivity contribution >= 4 is 17.9 Å². The van der Waals surface area contributed by atoms with Crippen LogP contribution in [-0.2, 0) is 20.8 Å². The van der Waals surface area contributed by atoms with Crippen LogP contribution in [0.15, 0.2) is 42.7 Å². The molecule has 0 unspecified atom stereocenters. The molecule has 0 saturated carbocycles. The molecule has 154 valence electrons. The minimum atomic E-state index is -0.519. The van der Waals surface area contributed by atoms with E-state index in [9.17, 15) is 9.59 Å². The number of piperidine rings is 1. The predicted molar refractivity (Wildman–Crippen MR) is 105 cm³/mol. The second-order valence-electron chi connectivity index (χ2n) is 6.57. The van der Waals surface area contributed by atoms with Crippen molar-refractivity contribution in [3.8, 4) is 0 Å². The maximum absolute atomic E-state index is 12.2. The van der Waals surface area contributed by atoms with Gasteiger partial charge in [0.1, 0.15) is 18.8 Å². The monoisotopic (exact) mass is 400 g/mol. The molecule has 0 aliphatic carbocycles. The van der Waals surface area contributed by atoms with Gasteiger partial charge >= 0.3 is 12.1 Å². The Labute approximate surface area is 169 Å². The standard InChI is InChI=1S/C20H24N4O5/c1-27-17-11-24(18-10-16(19(25)28-2)21-13-22-18)9-8-15(17)23-20(26)29-12-14-6-4-3-5-7-14/h3-7,10,13,15,17H,8-9,11-12H2,1-2H3,(H,23,26)/t15-,17+/m1/s1. The van der Waals surface area contributed by atoms with E-state index in [0.717, 1.165) is 5.56 Å². The van der Waals surface area contributed by atoms with Crippen LogP contribution in [0.3, 0.4) is 0 Å². The van der Waals surface area contributed by atoms with E-state index in [1.165, 1.54) is 13.4 Å². The summed E-state index contributed by atoms with van der Waals surface area (Å²) in [5.41, 5.74) is 1.11. The molecule has 29 heavy (non-hydrogen) atoms. The van der Waals surface area contributed by atoms with Gasteiger partial charge in [0, 0.05) is 26.3 Å². The Kier molecular flexibility index (Phi) is 6.96. The minimum absolute atomic E-state index is 0.191. The second kappa shape index (κ2) is 9.83. The van der Waals surface area contributed by atoms with Crippen molar-refractivity contribution in [3.05, 3.63) is 54.0 Å². The zero-order valence-electron chi connectivity index (χ0n) is 16.4. The van der Waals surface area contributed by atoms with Crippen LogP contribution in [0.4, 0.5) is 10.6 Å². The van der Waals surface area contributed by atoms with Crippen LogP contribution in [0.1, 0.15) is 22.5 Å². The van der Waals surface area contributed by atoms with Gasteiger partial charge < -0.3 is 24.4 Å². The Hall–Kier alpha value is -3.20. The number of hydrogen-bond donors (Lipinski definition) is 1. The number of ether oxygens (including phenoxy) is 3. The van der Waals surface area contributed by atoms with Crippen LogP contribution < -0.4 is 10.2 Å². The van der Waals surface area contributed by atoms with Crippen LogP contribution in [0.25, 0.3) is 0 Å². The molecular formula is C20H24N4O5. The van der Waals surface area contributed by atoms with Gasteiger partial charge in [-0.2, -0.15) is 0 Å². The number of amides is 1. The molecule has 2 atom stereocenters. The number of methoxy groups -OCH3 is 2. The molecule has 0 bridgehead atoms. The fraction of sp³-hybridized carbons (Fsp3) is 0.400. The zero-order valence-corrected chi connectivity index (χ0v) is 16.4. The summed E-state index contributed by atoms with van der Waals surface area (Å²) in [6.45, 7) is 1.33. The van der Waals surface area contributed by atoms with E-state index in [-0.39, 0.29) is 24.4 Å². The number of rotatable bonds is 6. The number of carbonyl (C=O) groups is 2. The van der Waals surface area contributed by atoms with Crippen LogP contribution in [0.2, 0.25) is 0 Å². The number of anilines is 1. The van der Waals surface area contributed by atoms with E-state index >= 15 is 0 Å². The van der Waals surface area contributed by atoms with Gasteiger partial charge in [0.15, 0.2) is 5.69 Å². The summed E-state index contributed by atoms with van der Waals surface area (Å²) in [7, 11) is 2.90. The van der Waals surface area contributed by atoms with Crippen molar-refractivity contribution in [2.75, 3.05) is 32.2 Å². The Morgan fingerprint density at radius 3 is 2.72 bits per heavy atom. The van der Waals surface area contributed by atoms with Crippen molar-refractivity contribution in [3.63, 3.8) is 0 Å². The lowest BCUT2D eigenvalue weighted by atomic mass is 10.0. The van der Waals surface area contributed by atoms with Crippen molar-refractivity contribution in [2.45, 2.75) is 25.2 Å². The fourth-order valence-electron chi connectivity index (χ4n) is 3.18. The number of benzene rings is 1. The third-order valence-electron chi connectivity index (χ3n) is 4.75. The van der Waals surface area contributed by atoms with Crippen LogP contribution in [-0.4, -0.2) is 61.5 Å². The summed E-state index contributed by atoms with van der Waals surface area (Å²) in [6, 6.07) is 10.9. The molecule has 2 aromatic rings. The SMILES string of the molecule is COC(=O)c1cc(N2CC[C@@H](NC(=O)OCc3ccccc3)[C@@H](OC)C2)ncn1. The Bertz CT molecular complexity index is 833. The first-order valence-electron chi connectivity index (χ1n) is 9.26. The third-order valence-corrected chi connectivity index (χ3v) is 4.75. The highest BCUT2D eigenvalue weighted by molar-refractivity contribution is 5.87. The Balaban J connectivity index is 1.56. The number of nitrogens with one attached hydrogen (secondary N) is 1. The molecule has 3 rings (SSSR count). The van der Waals surface area contributed by atoms with Crippen molar-refractivity contribution in [1.29, 1.82) is 0 Å². The molecule has 9 heteroatoms. The molecule has 2 heterocycles. The molecule has 1 amide bonds. The zero-order chi connectivity index (χ0) is 20.6. The van der Waals surface area contributed by atoms with E-state index in [1.807, 2.05) is 35.2 Å². The van der Waals surface area contributed by atoms with Crippen LogP contribution in [0, 0.1) is 0 Å². The first-order valence-corrected chi connectivity index (χ1v) is 9.26. The Morgan fingerprint density at radius 2 is 2.00 bits per heavy atom. The summed E-state index contributed by atoms with van der Waals surface area (Å²) < 4.78 is 15.6. The third kappa shape index (κ3) is 5.41. The van der Waals surface area contributed by atoms with E-state index < -0.39 is 12.1 Å². The lowest BCUT2D eigenvalue weighted by Gasteiger charge is -2.38. The number of hydrogen-bond acceptors (Lipinski definition) is 8. The van der Waals surface area contributed by atoms with Gasteiger partial charge in [-0.1, -0.05) is 30.3 Å².